The first-order chi connectivity index (χ1) is 4.58. The van der Waals surface area contributed by atoms with Gasteiger partial charge in [0.05, 0.1) is 6.42 Å². The maximum atomic E-state index is 12.9. The molecule has 0 amide bonds. The molecule has 0 N–H and O–H groups in total. The van der Waals surface area contributed by atoms with Crippen molar-refractivity contribution in [2.24, 2.45) is 0 Å². The standard InChI is InChI=1S/C7H11FO2/c1-3-7(2)5(8)4-6(9)10-7/h5H,3-4H2,1-2H3/t5-,7+/m0/s1. The van der Waals surface area contributed by atoms with Gasteiger partial charge in [0.2, 0.25) is 0 Å². The molecule has 0 aliphatic carbocycles. The summed E-state index contributed by atoms with van der Waals surface area (Å²) in [5, 5.41) is 0. The van der Waals surface area contributed by atoms with Crippen molar-refractivity contribution in [3.63, 3.8) is 0 Å². The predicted molar refractivity (Wildman–Crippen MR) is 34.3 cm³/mol. The van der Waals surface area contributed by atoms with Crippen LogP contribution in [0.25, 0.3) is 0 Å². The van der Waals surface area contributed by atoms with Crippen LogP contribution in [0.1, 0.15) is 26.7 Å². The monoisotopic (exact) mass is 146 g/mol. The lowest BCUT2D eigenvalue weighted by Gasteiger charge is -2.22. The van der Waals surface area contributed by atoms with Crippen molar-refractivity contribution in [2.45, 2.75) is 38.5 Å². The van der Waals surface area contributed by atoms with Crippen molar-refractivity contribution in [3.05, 3.63) is 0 Å². The number of esters is 1. The van der Waals surface area contributed by atoms with Gasteiger partial charge in [0.1, 0.15) is 11.8 Å². The van der Waals surface area contributed by atoms with Crippen molar-refractivity contribution in [2.75, 3.05) is 0 Å². The van der Waals surface area contributed by atoms with Crippen LogP contribution in [0.2, 0.25) is 0 Å². The maximum absolute atomic E-state index is 12.9. The number of carbonyl (C=O) groups excluding carboxylic acids is 1. The van der Waals surface area contributed by atoms with E-state index in [4.69, 9.17) is 4.74 Å². The minimum absolute atomic E-state index is 0.0790. The molecule has 1 fully saturated rings. The van der Waals surface area contributed by atoms with Crippen LogP contribution >= 0.6 is 0 Å². The predicted octanol–water partition coefficient (Wildman–Crippen LogP) is 1.44. The fraction of sp³-hybridized carbons (Fsp3) is 0.857. The van der Waals surface area contributed by atoms with Crippen molar-refractivity contribution in [1.29, 1.82) is 0 Å². The molecular formula is C7H11FO2. The lowest BCUT2D eigenvalue weighted by Crippen LogP contribution is -2.31. The quantitative estimate of drug-likeness (QED) is 0.523. The van der Waals surface area contributed by atoms with Crippen molar-refractivity contribution < 1.29 is 13.9 Å². The van der Waals surface area contributed by atoms with Gasteiger partial charge in [0, 0.05) is 0 Å². The summed E-state index contributed by atoms with van der Waals surface area (Å²) in [5.41, 5.74) is -0.850. The summed E-state index contributed by atoms with van der Waals surface area (Å²) < 4.78 is 17.7. The molecule has 0 radical (unpaired) electrons. The molecular weight excluding hydrogens is 135 g/mol. The first-order valence-corrected chi connectivity index (χ1v) is 3.44. The lowest BCUT2D eigenvalue weighted by atomic mass is 9.98. The summed E-state index contributed by atoms with van der Waals surface area (Å²) in [5.74, 6) is -0.420. The number of rotatable bonds is 1. The molecule has 1 rings (SSSR count). The fourth-order valence-corrected chi connectivity index (χ4v) is 1.02. The maximum Gasteiger partial charge on any atom is 0.309 e. The summed E-state index contributed by atoms with van der Waals surface area (Å²) in [6.45, 7) is 3.44. The number of hydrogen-bond donors (Lipinski definition) is 0. The average Bonchev–Trinajstić information content (AvgIpc) is 2.09. The molecule has 0 bridgehead atoms. The van der Waals surface area contributed by atoms with E-state index < -0.39 is 17.7 Å². The van der Waals surface area contributed by atoms with E-state index in [9.17, 15) is 9.18 Å². The van der Waals surface area contributed by atoms with Crippen molar-refractivity contribution in [1.82, 2.24) is 0 Å². The van der Waals surface area contributed by atoms with Crippen LogP contribution in [0, 0.1) is 0 Å². The highest BCUT2D eigenvalue weighted by Gasteiger charge is 2.44. The molecule has 1 aliphatic heterocycles. The first-order valence-electron chi connectivity index (χ1n) is 3.44. The first kappa shape index (κ1) is 7.51. The van der Waals surface area contributed by atoms with Gasteiger partial charge < -0.3 is 4.74 Å². The molecule has 2 nitrogen and oxygen atoms in total. The van der Waals surface area contributed by atoms with Gasteiger partial charge in [-0.3, -0.25) is 4.79 Å². The van der Waals surface area contributed by atoms with Crippen LogP contribution in [-0.4, -0.2) is 17.7 Å². The Balaban J connectivity index is 2.70. The Kier molecular flexibility index (Phi) is 1.67. The molecule has 2 atom stereocenters. The van der Waals surface area contributed by atoms with Crippen molar-refractivity contribution in [3.8, 4) is 0 Å². The van der Waals surface area contributed by atoms with Crippen LogP contribution in [0.4, 0.5) is 4.39 Å². The summed E-state index contributed by atoms with van der Waals surface area (Å²) in [7, 11) is 0. The zero-order valence-corrected chi connectivity index (χ0v) is 6.19. The zero-order chi connectivity index (χ0) is 7.78. The third-order valence-corrected chi connectivity index (χ3v) is 2.06. The minimum Gasteiger partial charge on any atom is -0.456 e. The number of carbonyl (C=O) groups is 1. The normalized spacial score (nSPS) is 39.9. The molecule has 0 aromatic rings. The molecule has 1 heterocycles. The number of cyclic esters (lactones) is 1. The third-order valence-electron chi connectivity index (χ3n) is 2.06. The van der Waals surface area contributed by atoms with Gasteiger partial charge in [-0.05, 0) is 13.3 Å². The van der Waals surface area contributed by atoms with E-state index in [1.807, 2.05) is 6.92 Å². The second-order valence-corrected chi connectivity index (χ2v) is 2.81. The van der Waals surface area contributed by atoms with Gasteiger partial charge in [0.15, 0.2) is 0 Å². The smallest absolute Gasteiger partial charge is 0.309 e. The van der Waals surface area contributed by atoms with Gasteiger partial charge in [-0.15, -0.1) is 0 Å². The van der Waals surface area contributed by atoms with E-state index in [0.29, 0.717) is 6.42 Å². The Labute approximate surface area is 59.4 Å². The Morgan fingerprint density at radius 2 is 2.50 bits per heavy atom. The number of alkyl halides is 1. The summed E-state index contributed by atoms with van der Waals surface area (Å²) >= 11 is 0. The lowest BCUT2D eigenvalue weighted by molar-refractivity contribution is -0.148. The molecule has 0 aromatic heterocycles. The molecule has 1 saturated heterocycles. The van der Waals surface area contributed by atoms with Gasteiger partial charge in [-0.25, -0.2) is 4.39 Å². The summed E-state index contributed by atoms with van der Waals surface area (Å²) in [6.07, 6.45) is -0.658. The van der Waals surface area contributed by atoms with Gasteiger partial charge in [-0.2, -0.15) is 0 Å². The SMILES string of the molecule is CC[C@@]1(C)OC(=O)C[C@@H]1F. The van der Waals surface area contributed by atoms with E-state index in [2.05, 4.69) is 0 Å². The van der Waals surface area contributed by atoms with Crippen LogP contribution in [0.15, 0.2) is 0 Å². The molecule has 58 valence electrons. The van der Waals surface area contributed by atoms with Crippen LogP contribution in [-0.2, 0) is 9.53 Å². The molecule has 1 aliphatic rings. The fourth-order valence-electron chi connectivity index (χ4n) is 1.02. The van der Waals surface area contributed by atoms with E-state index in [0.717, 1.165) is 0 Å². The summed E-state index contributed by atoms with van der Waals surface area (Å²) in [6, 6.07) is 0. The van der Waals surface area contributed by atoms with E-state index in [-0.39, 0.29) is 6.42 Å². The van der Waals surface area contributed by atoms with Gasteiger partial charge >= 0.3 is 5.97 Å². The largest absolute Gasteiger partial charge is 0.456 e. The Morgan fingerprint density at radius 1 is 1.90 bits per heavy atom. The van der Waals surface area contributed by atoms with Crippen LogP contribution < -0.4 is 0 Å². The molecule has 3 heteroatoms. The Morgan fingerprint density at radius 3 is 2.70 bits per heavy atom. The highest BCUT2D eigenvalue weighted by Crippen LogP contribution is 2.31. The van der Waals surface area contributed by atoms with Crippen LogP contribution in [0.5, 0.6) is 0 Å². The molecule has 0 saturated carbocycles. The topological polar surface area (TPSA) is 26.3 Å². The van der Waals surface area contributed by atoms with Gasteiger partial charge in [0.25, 0.3) is 0 Å². The second kappa shape index (κ2) is 2.22. The number of hydrogen-bond acceptors (Lipinski definition) is 2. The average molecular weight is 146 g/mol. The molecule has 10 heavy (non-hydrogen) atoms. The van der Waals surface area contributed by atoms with E-state index in [1.54, 1.807) is 6.92 Å². The zero-order valence-electron chi connectivity index (χ0n) is 6.19. The minimum atomic E-state index is -1.12. The molecule has 0 unspecified atom stereocenters. The second-order valence-electron chi connectivity index (χ2n) is 2.81. The highest BCUT2D eigenvalue weighted by atomic mass is 19.1. The summed E-state index contributed by atoms with van der Waals surface area (Å²) in [4.78, 5) is 10.6. The number of halogens is 1. The number of ether oxygens (including phenoxy) is 1. The van der Waals surface area contributed by atoms with Crippen LogP contribution in [0.3, 0.4) is 0 Å². The Hall–Kier alpha value is -0.600. The van der Waals surface area contributed by atoms with E-state index in [1.165, 1.54) is 0 Å². The molecule has 0 spiro atoms. The van der Waals surface area contributed by atoms with E-state index >= 15 is 0 Å². The third kappa shape index (κ3) is 1.00. The van der Waals surface area contributed by atoms with Gasteiger partial charge in [-0.1, -0.05) is 6.92 Å². The van der Waals surface area contributed by atoms with Crippen molar-refractivity contribution >= 4 is 5.97 Å². The Bertz CT molecular complexity index is 158. The molecule has 0 aromatic carbocycles. The highest BCUT2D eigenvalue weighted by molar-refractivity contribution is 5.73.